The number of amides is 3. The Morgan fingerprint density at radius 2 is 1.64 bits per heavy atom. The first-order chi connectivity index (χ1) is 31.6. The van der Waals surface area contributed by atoms with E-state index in [2.05, 4.69) is 15.0 Å². The van der Waals surface area contributed by atoms with E-state index in [-0.39, 0.29) is 56.6 Å². The Morgan fingerprint density at radius 1 is 0.864 bits per heavy atom. The highest BCUT2D eigenvalue weighted by atomic mass is 35.5. The Morgan fingerprint density at radius 3 is 2.33 bits per heavy atom. The number of hydrogen-bond donors (Lipinski definition) is 0. The number of ether oxygens (including phenoxy) is 2. The highest BCUT2D eigenvalue weighted by Crippen LogP contribution is 2.36. The van der Waals surface area contributed by atoms with Crippen LogP contribution in [-0.4, -0.2) is 122 Å². The molecule has 2 saturated heterocycles. The number of likely N-dealkylation sites (N-methyl/N-ethyl adjacent to an activating group) is 1. The molecule has 66 heavy (non-hydrogen) atoms. The third-order valence-electron chi connectivity index (χ3n) is 12.9. The number of piperidine rings is 1. The highest BCUT2D eigenvalue weighted by molar-refractivity contribution is 6.31. The molecule has 3 aromatic heterocycles. The van der Waals surface area contributed by atoms with Gasteiger partial charge in [0, 0.05) is 81.1 Å². The molecule has 0 unspecified atom stereocenters. The fraction of sp³-hybridized carbons (Fsp3) is 0.420. The minimum atomic E-state index is -1.01. The first kappa shape index (κ1) is 48.3. The number of fused-ring (bicyclic) bond motifs is 2. The van der Waals surface area contributed by atoms with Gasteiger partial charge in [-0.15, -0.1) is 0 Å². The summed E-state index contributed by atoms with van der Waals surface area (Å²) in [7, 11) is 9.19. The van der Waals surface area contributed by atoms with Crippen molar-refractivity contribution in [2.45, 2.75) is 70.1 Å². The van der Waals surface area contributed by atoms with Gasteiger partial charge in [0.1, 0.15) is 17.3 Å². The van der Waals surface area contributed by atoms with E-state index in [9.17, 15) is 9.59 Å². The molecule has 0 N–H and O–H groups in total. The number of carbonyl (C=O) groups excluding carboxylic acids is 4. The van der Waals surface area contributed by atoms with Crippen molar-refractivity contribution in [2.75, 3.05) is 47.9 Å². The van der Waals surface area contributed by atoms with Crippen LogP contribution in [0, 0.1) is 11.8 Å². The van der Waals surface area contributed by atoms with Crippen LogP contribution in [0.5, 0.6) is 11.5 Å². The van der Waals surface area contributed by atoms with Crippen molar-refractivity contribution < 1.29 is 28.7 Å². The number of methoxy groups -OCH3 is 1. The van der Waals surface area contributed by atoms with Crippen molar-refractivity contribution in [1.82, 2.24) is 39.1 Å². The summed E-state index contributed by atoms with van der Waals surface area (Å²) in [6.07, 6.45) is 6.59. The second-order valence-corrected chi connectivity index (χ2v) is 18.7. The van der Waals surface area contributed by atoms with Crippen LogP contribution in [0.2, 0.25) is 10.0 Å². The molecule has 2 aliphatic rings. The molecule has 16 heteroatoms. The van der Waals surface area contributed by atoms with Crippen LogP contribution in [0.1, 0.15) is 55.3 Å². The number of hydrogen-bond acceptors (Lipinski definition) is 10. The van der Waals surface area contributed by atoms with Crippen molar-refractivity contribution in [3.63, 3.8) is 0 Å². The molecule has 348 valence electrons. The maximum atomic E-state index is 15.0. The van der Waals surface area contributed by atoms with Crippen molar-refractivity contribution in [1.29, 1.82) is 0 Å². The third-order valence-corrected chi connectivity index (χ3v) is 13.4. The van der Waals surface area contributed by atoms with Crippen LogP contribution < -0.4 is 4.74 Å². The van der Waals surface area contributed by atoms with Gasteiger partial charge in [-0.25, -0.2) is 4.98 Å². The fourth-order valence-corrected chi connectivity index (χ4v) is 9.44. The molecule has 14 nitrogen and oxygen atoms in total. The standard InChI is InChI=1S/C50H58Cl2N8O6/c1-33-44(61)23-37(31-65-6)48(63)58(5)50(26-34-11-14-38(51)15-12-34)19-9-21-59(32-50)49(64)36(22-40-10-7-8-20-53-40)24-47(62)60(33)29-35-13-16-39(52)25-45(35)66-41-17-18-42(54-27-41)43-28-55-46(57(43)4)30-56(2)3/h7-8,10-18,20,25,27-28,33,36-37H,9,19,21-24,26,29-32H2,1-6H3/t33-,36+,37-,50+/m0/s1. The molecule has 2 aromatic carbocycles. The number of ketones is 1. The quantitative estimate of drug-likeness (QED) is 0.118. The van der Waals surface area contributed by atoms with Gasteiger partial charge in [-0.05, 0) is 94.4 Å². The summed E-state index contributed by atoms with van der Waals surface area (Å²) in [4.78, 5) is 80.3. The lowest BCUT2D eigenvalue weighted by atomic mass is 9.80. The molecule has 7 rings (SSSR count). The number of carbonyl (C=O) groups is 4. The van der Waals surface area contributed by atoms with Crippen LogP contribution in [0.25, 0.3) is 11.4 Å². The Balaban J connectivity index is 1.23. The molecule has 0 spiro atoms. The van der Waals surface area contributed by atoms with Gasteiger partial charge < -0.3 is 33.6 Å². The summed E-state index contributed by atoms with van der Waals surface area (Å²) in [5.41, 5.74) is 2.92. The minimum absolute atomic E-state index is 0.0127. The van der Waals surface area contributed by atoms with Gasteiger partial charge in [-0.1, -0.05) is 47.5 Å². The van der Waals surface area contributed by atoms with E-state index in [0.29, 0.717) is 70.8 Å². The number of aromatic nitrogens is 4. The number of pyridine rings is 2. The number of halogens is 2. The van der Waals surface area contributed by atoms with Crippen molar-refractivity contribution >= 4 is 46.7 Å². The van der Waals surface area contributed by atoms with E-state index in [4.69, 9.17) is 32.7 Å². The van der Waals surface area contributed by atoms with Gasteiger partial charge in [0.15, 0.2) is 5.78 Å². The van der Waals surface area contributed by atoms with Crippen LogP contribution in [0.15, 0.2) is 91.4 Å². The highest BCUT2D eigenvalue weighted by Gasteiger charge is 2.46. The fourth-order valence-electron chi connectivity index (χ4n) is 9.15. The van der Waals surface area contributed by atoms with E-state index in [1.165, 1.54) is 12.0 Å². The first-order valence-electron chi connectivity index (χ1n) is 22.2. The summed E-state index contributed by atoms with van der Waals surface area (Å²) in [6.45, 7) is 2.96. The summed E-state index contributed by atoms with van der Waals surface area (Å²) in [6, 6.07) is 20.8. The molecule has 5 aromatic rings. The third kappa shape index (κ3) is 11.3. The van der Waals surface area contributed by atoms with Crippen LogP contribution in [0.3, 0.4) is 0 Å². The molecule has 5 heterocycles. The molecule has 0 radical (unpaired) electrons. The predicted octanol–water partition coefficient (Wildman–Crippen LogP) is 7.30. The molecular weight excluding hydrogens is 880 g/mol. The summed E-state index contributed by atoms with van der Waals surface area (Å²) in [5, 5.41) is 0.993. The Kier molecular flexibility index (Phi) is 15.6. The van der Waals surface area contributed by atoms with Gasteiger partial charge in [-0.2, -0.15) is 0 Å². The van der Waals surface area contributed by atoms with E-state index in [1.807, 2.05) is 78.0 Å². The van der Waals surface area contributed by atoms with Gasteiger partial charge in [0.25, 0.3) is 0 Å². The second-order valence-electron chi connectivity index (χ2n) is 17.8. The van der Waals surface area contributed by atoms with E-state index in [1.54, 1.807) is 67.8 Å². The van der Waals surface area contributed by atoms with Gasteiger partial charge >= 0.3 is 0 Å². The van der Waals surface area contributed by atoms with E-state index < -0.39 is 29.3 Å². The SMILES string of the molecule is COC[C@@H]1CC(=O)[C@H](C)N(Cc2ccc(Cl)cc2Oc2ccc(-c3cnc(CN(C)C)n3C)nc2)C(=O)C[C@@H](Cc2ccccn2)C(=O)N2CCC[C@@](Cc3ccc(Cl)cc3)(C2)N(C)C1=O. The van der Waals surface area contributed by atoms with Gasteiger partial charge in [0.05, 0.1) is 66.9 Å². The molecule has 0 aliphatic carbocycles. The van der Waals surface area contributed by atoms with Crippen LogP contribution in [0.4, 0.5) is 0 Å². The van der Waals surface area contributed by atoms with E-state index in [0.717, 1.165) is 17.1 Å². The second kappa shape index (κ2) is 21.3. The normalized spacial score (nSPS) is 21.1. The summed E-state index contributed by atoms with van der Waals surface area (Å²) in [5.74, 6) is -1.21. The molecule has 0 saturated carbocycles. The van der Waals surface area contributed by atoms with Crippen molar-refractivity contribution in [3.05, 3.63) is 124 Å². The molecule has 3 amide bonds. The Hall–Kier alpha value is -5.67. The number of benzene rings is 2. The zero-order valence-corrected chi connectivity index (χ0v) is 40.0. The lowest BCUT2D eigenvalue weighted by Gasteiger charge is -2.50. The Bertz CT molecular complexity index is 2500. The monoisotopic (exact) mass is 936 g/mol. The van der Waals surface area contributed by atoms with Crippen LogP contribution in [-0.2, 0) is 56.9 Å². The minimum Gasteiger partial charge on any atom is -0.455 e. The maximum Gasteiger partial charge on any atom is 0.228 e. The largest absolute Gasteiger partial charge is 0.455 e. The molecule has 2 aliphatic heterocycles. The zero-order chi connectivity index (χ0) is 47.1. The average Bonchev–Trinajstić information content (AvgIpc) is 3.66. The maximum absolute atomic E-state index is 15.0. The smallest absolute Gasteiger partial charge is 0.228 e. The topological polar surface area (TPSA) is 143 Å². The number of rotatable bonds is 13. The number of Topliss-reactive ketones (excluding diaryl/α,β-unsaturated/α-hetero) is 1. The van der Waals surface area contributed by atoms with Crippen molar-refractivity contribution in [3.8, 4) is 22.9 Å². The molecule has 4 atom stereocenters. The molecule has 2 bridgehead atoms. The van der Waals surface area contributed by atoms with E-state index >= 15 is 9.59 Å². The Labute approximate surface area is 396 Å². The number of nitrogens with zero attached hydrogens (tertiary/aromatic N) is 8. The number of imidazole rings is 1. The van der Waals surface area contributed by atoms with Gasteiger partial charge in [-0.3, -0.25) is 29.1 Å². The molecule has 2 fully saturated rings. The summed E-state index contributed by atoms with van der Waals surface area (Å²) >= 11 is 12.8. The molecular formula is C50H58Cl2N8O6. The lowest BCUT2D eigenvalue weighted by Crippen LogP contribution is -2.63. The average molecular weight is 938 g/mol. The van der Waals surface area contributed by atoms with Crippen LogP contribution >= 0.6 is 23.2 Å². The first-order valence-corrected chi connectivity index (χ1v) is 23.0. The van der Waals surface area contributed by atoms with Crippen molar-refractivity contribution in [2.24, 2.45) is 18.9 Å². The lowest BCUT2D eigenvalue weighted by molar-refractivity contribution is -0.154. The zero-order valence-electron chi connectivity index (χ0n) is 38.5. The summed E-state index contributed by atoms with van der Waals surface area (Å²) < 4.78 is 14.0. The predicted molar refractivity (Wildman–Crippen MR) is 253 cm³/mol. The van der Waals surface area contributed by atoms with Gasteiger partial charge in [0.2, 0.25) is 17.7 Å².